The maximum absolute atomic E-state index is 5.91. The van der Waals surface area contributed by atoms with E-state index in [1.165, 1.54) is 10.8 Å². The maximum atomic E-state index is 5.91. The Balaban J connectivity index is 1.93. The highest BCUT2D eigenvalue weighted by Crippen LogP contribution is 2.23. The van der Waals surface area contributed by atoms with Gasteiger partial charge in [-0.3, -0.25) is 4.68 Å². The molecule has 0 saturated carbocycles. The lowest BCUT2D eigenvalue weighted by Crippen LogP contribution is -1.98. The Hall–Kier alpha value is -2.15. The fourth-order valence-corrected chi connectivity index (χ4v) is 1.87. The van der Waals surface area contributed by atoms with Crippen molar-refractivity contribution in [3.8, 4) is 11.6 Å². The Morgan fingerprint density at radius 1 is 1.37 bits per heavy atom. The molecule has 98 valence electrons. The number of fused-ring (bicyclic) bond motifs is 1. The van der Waals surface area contributed by atoms with Gasteiger partial charge in [-0.25, -0.2) is 0 Å². The molecule has 0 amide bonds. The first-order valence-corrected chi connectivity index (χ1v) is 6.20. The average molecular weight is 279 g/mol. The van der Waals surface area contributed by atoms with Gasteiger partial charge in [0.25, 0.3) is 5.78 Å². The van der Waals surface area contributed by atoms with Gasteiger partial charge in [-0.05, 0) is 6.42 Å². The third-order valence-electron chi connectivity index (χ3n) is 2.47. The molecule has 0 N–H and O–H groups in total. The molecule has 3 aromatic heterocycles. The second-order valence-electron chi connectivity index (χ2n) is 3.93. The molecule has 0 atom stereocenters. The molecule has 0 fully saturated rings. The van der Waals surface area contributed by atoms with Gasteiger partial charge < -0.3 is 4.74 Å². The predicted octanol–water partition coefficient (Wildman–Crippen LogP) is 2.18. The zero-order chi connectivity index (χ0) is 13.2. The van der Waals surface area contributed by atoms with E-state index in [1.54, 1.807) is 12.3 Å². The van der Waals surface area contributed by atoms with Gasteiger partial charge in [0.1, 0.15) is 11.5 Å². The smallest absolute Gasteiger partial charge is 0.256 e. The highest BCUT2D eigenvalue weighted by atomic mass is 35.5. The molecule has 0 aliphatic rings. The molecule has 0 spiro atoms. The highest BCUT2D eigenvalue weighted by molar-refractivity contribution is 6.29. The largest absolute Gasteiger partial charge is 0.435 e. The minimum atomic E-state index is 0.302. The number of hydrogen-bond donors (Lipinski definition) is 0. The van der Waals surface area contributed by atoms with Gasteiger partial charge in [0.15, 0.2) is 5.75 Å². The summed E-state index contributed by atoms with van der Waals surface area (Å²) in [5.41, 5.74) is 0. The number of hydrogen-bond acceptors (Lipinski definition) is 5. The third-order valence-corrected chi connectivity index (χ3v) is 2.67. The van der Waals surface area contributed by atoms with Crippen LogP contribution >= 0.6 is 11.6 Å². The summed E-state index contributed by atoms with van der Waals surface area (Å²) in [6.45, 7) is 2.93. The maximum Gasteiger partial charge on any atom is 0.256 e. The second kappa shape index (κ2) is 4.85. The van der Waals surface area contributed by atoms with Crippen LogP contribution in [0.15, 0.2) is 24.8 Å². The van der Waals surface area contributed by atoms with E-state index in [1.807, 2.05) is 10.9 Å². The number of halogens is 1. The van der Waals surface area contributed by atoms with Crippen LogP contribution in [-0.2, 0) is 6.54 Å². The van der Waals surface area contributed by atoms with Crippen molar-refractivity contribution in [1.29, 1.82) is 0 Å². The van der Waals surface area contributed by atoms with Crippen molar-refractivity contribution >= 4 is 17.4 Å². The van der Waals surface area contributed by atoms with Crippen LogP contribution < -0.4 is 4.74 Å². The minimum absolute atomic E-state index is 0.302. The summed E-state index contributed by atoms with van der Waals surface area (Å²) in [6, 6.07) is 1.58. The van der Waals surface area contributed by atoms with E-state index in [0.717, 1.165) is 13.0 Å². The Bertz CT molecular complexity index is 706. The van der Waals surface area contributed by atoms with Crippen molar-refractivity contribution in [2.45, 2.75) is 19.9 Å². The van der Waals surface area contributed by atoms with Crippen LogP contribution in [0, 0.1) is 0 Å². The zero-order valence-corrected chi connectivity index (χ0v) is 10.9. The highest BCUT2D eigenvalue weighted by Gasteiger charge is 2.09. The van der Waals surface area contributed by atoms with Crippen LogP contribution in [0.2, 0.25) is 5.15 Å². The summed E-state index contributed by atoms with van der Waals surface area (Å²) in [4.78, 5) is 8.00. The van der Waals surface area contributed by atoms with Gasteiger partial charge in [0.2, 0.25) is 5.88 Å². The van der Waals surface area contributed by atoms with E-state index < -0.39 is 0 Å². The fourth-order valence-electron chi connectivity index (χ4n) is 1.70. The first kappa shape index (κ1) is 11.9. The molecule has 8 heteroatoms. The van der Waals surface area contributed by atoms with Crippen LogP contribution in [0.4, 0.5) is 0 Å². The molecule has 7 nitrogen and oxygen atoms in total. The van der Waals surface area contributed by atoms with Crippen molar-refractivity contribution in [2.75, 3.05) is 0 Å². The van der Waals surface area contributed by atoms with Gasteiger partial charge in [0.05, 0.1) is 12.4 Å². The lowest BCUT2D eigenvalue weighted by molar-refractivity contribution is 0.444. The lowest BCUT2D eigenvalue weighted by atomic mass is 10.5. The van der Waals surface area contributed by atoms with Crippen molar-refractivity contribution in [1.82, 2.24) is 29.4 Å². The number of aryl methyl sites for hydroxylation is 1. The average Bonchev–Trinajstić information content (AvgIpc) is 2.98. The van der Waals surface area contributed by atoms with Crippen molar-refractivity contribution in [3.05, 3.63) is 29.9 Å². The van der Waals surface area contributed by atoms with Gasteiger partial charge in [0, 0.05) is 12.6 Å². The molecular weight excluding hydrogens is 268 g/mol. The summed E-state index contributed by atoms with van der Waals surface area (Å²) < 4.78 is 9.00. The van der Waals surface area contributed by atoms with Gasteiger partial charge in [-0.2, -0.15) is 24.7 Å². The first-order valence-electron chi connectivity index (χ1n) is 5.83. The number of rotatable bonds is 4. The Labute approximate surface area is 113 Å². The summed E-state index contributed by atoms with van der Waals surface area (Å²) >= 11 is 5.91. The minimum Gasteiger partial charge on any atom is -0.435 e. The molecule has 0 aliphatic carbocycles. The second-order valence-corrected chi connectivity index (χ2v) is 4.32. The number of aromatic nitrogens is 6. The van der Waals surface area contributed by atoms with E-state index in [9.17, 15) is 0 Å². The monoisotopic (exact) mass is 278 g/mol. The topological polar surface area (TPSA) is 70.1 Å². The third kappa shape index (κ3) is 2.37. The van der Waals surface area contributed by atoms with Crippen molar-refractivity contribution < 1.29 is 4.74 Å². The summed E-state index contributed by atoms with van der Waals surface area (Å²) in [7, 11) is 0. The van der Waals surface area contributed by atoms with E-state index in [4.69, 9.17) is 16.3 Å². The van der Waals surface area contributed by atoms with Crippen LogP contribution in [0.1, 0.15) is 13.3 Å². The summed E-state index contributed by atoms with van der Waals surface area (Å²) in [5, 5.41) is 8.52. The fraction of sp³-hybridized carbons (Fsp3) is 0.273. The van der Waals surface area contributed by atoms with Crippen LogP contribution in [0.5, 0.6) is 11.6 Å². The molecule has 0 bridgehead atoms. The summed E-state index contributed by atoms with van der Waals surface area (Å²) in [6.07, 6.45) is 5.87. The van der Waals surface area contributed by atoms with Gasteiger partial charge in [-0.1, -0.05) is 18.5 Å². The standard InChI is InChI=1S/C11H11ClN6O/c1-2-3-17-6-8(5-14-17)19-10-4-9(12)16-11-13-7-15-18(10)11/h4-7H,2-3H2,1H3. The number of ether oxygens (including phenoxy) is 1. The van der Waals surface area contributed by atoms with Gasteiger partial charge in [-0.15, -0.1) is 0 Å². The molecule has 0 aliphatic heterocycles. The molecule has 0 saturated heterocycles. The van der Waals surface area contributed by atoms with Crippen LogP contribution in [0.3, 0.4) is 0 Å². The first-order chi connectivity index (χ1) is 9.26. The van der Waals surface area contributed by atoms with Crippen molar-refractivity contribution in [2.24, 2.45) is 0 Å². The quantitative estimate of drug-likeness (QED) is 0.684. The SMILES string of the molecule is CCCn1cc(Oc2cc(Cl)nc3ncnn23)cn1. The predicted molar refractivity (Wildman–Crippen MR) is 68.4 cm³/mol. The molecule has 19 heavy (non-hydrogen) atoms. The lowest BCUT2D eigenvalue weighted by Gasteiger charge is -2.04. The van der Waals surface area contributed by atoms with E-state index in [-0.39, 0.29) is 0 Å². The normalized spacial score (nSPS) is 11.1. The zero-order valence-electron chi connectivity index (χ0n) is 10.2. The molecule has 3 aromatic rings. The van der Waals surface area contributed by atoms with E-state index >= 15 is 0 Å². The van der Waals surface area contributed by atoms with E-state index in [0.29, 0.717) is 22.6 Å². The molecular formula is C11H11ClN6O. The summed E-state index contributed by atoms with van der Waals surface area (Å²) in [5.74, 6) is 1.46. The molecule has 0 aromatic carbocycles. The molecule has 0 radical (unpaired) electrons. The Morgan fingerprint density at radius 3 is 3.11 bits per heavy atom. The Kier molecular flexibility index (Phi) is 3.04. The number of nitrogens with zero attached hydrogens (tertiary/aromatic N) is 6. The molecule has 0 unspecified atom stereocenters. The van der Waals surface area contributed by atoms with Gasteiger partial charge >= 0.3 is 0 Å². The molecule has 3 heterocycles. The molecule has 3 rings (SSSR count). The Morgan fingerprint density at radius 2 is 2.26 bits per heavy atom. The van der Waals surface area contributed by atoms with E-state index in [2.05, 4.69) is 27.1 Å². The van der Waals surface area contributed by atoms with Crippen LogP contribution in [0.25, 0.3) is 5.78 Å². The van der Waals surface area contributed by atoms with Crippen molar-refractivity contribution in [3.63, 3.8) is 0 Å². The van der Waals surface area contributed by atoms with Crippen LogP contribution in [-0.4, -0.2) is 29.4 Å².